The lowest BCUT2D eigenvalue weighted by Crippen LogP contribution is -3.09. The molecule has 1 aromatic rings. The summed E-state index contributed by atoms with van der Waals surface area (Å²) < 4.78 is 12.8. The number of hydrogen-bond donors (Lipinski definition) is 3. The Morgan fingerprint density at radius 1 is 1.29 bits per heavy atom. The fraction of sp³-hybridized carbons (Fsp3) is 0.467. The van der Waals surface area contributed by atoms with Gasteiger partial charge in [-0.3, -0.25) is 9.59 Å². The van der Waals surface area contributed by atoms with Crippen LogP contribution in [0.4, 0.5) is 4.39 Å². The summed E-state index contributed by atoms with van der Waals surface area (Å²) in [5.41, 5.74) is 0.957. The highest BCUT2D eigenvalue weighted by Gasteiger charge is 2.17. The van der Waals surface area contributed by atoms with Gasteiger partial charge in [0.25, 0.3) is 5.91 Å². The van der Waals surface area contributed by atoms with Gasteiger partial charge in [0.2, 0.25) is 5.91 Å². The third-order valence-electron chi connectivity index (χ3n) is 3.00. The first-order valence-electron chi connectivity index (χ1n) is 7.05. The number of hydrogen-bond acceptors (Lipinski definition) is 2. The lowest BCUT2D eigenvalue weighted by atomic mass is 10.2. The Morgan fingerprint density at radius 2 is 1.90 bits per heavy atom. The Bertz CT molecular complexity index is 476. The zero-order valence-electron chi connectivity index (χ0n) is 12.7. The maximum Gasteiger partial charge on any atom is 0.275 e. The molecule has 0 aliphatic carbocycles. The molecule has 3 N–H and O–H groups in total. The number of quaternary nitrogens is 1. The van der Waals surface area contributed by atoms with Crippen LogP contribution in [0, 0.1) is 5.82 Å². The van der Waals surface area contributed by atoms with E-state index in [1.54, 1.807) is 19.1 Å². The number of rotatable bonds is 7. The van der Waals surface area contributed by atoms with Gasteiger partial charge in [-0.25, -0.2) is 4.39 Å². The van der Waals surface area contributed by atoms with E-state index >= 15 is 0 Å². The molecule has 5 nitrogen and oxygen atoms in total. The summed E-state index contributed by atoms with van der Waals surface area (Å²) in [6.45, 7) is 4.88. The van der Waals surface area contributed by atoms with Crippen LogP contribution in [0.15, 0.2) is 24.3 Å². The third kappa shape index (κ3) is 6.35. The van der Waals surface area contributed by atoms with Crippen LogP contribution < -0.4 is 15.5 Å². The highest BCUT2D eigenvalue weighted by molar-refractivity contribution is 5.87. The van der Waals surface area contributed by atoms with Crippen molar-refractivity contribution in [2.24, 2.45) is 0 Å². The first kappa shape index (κ1) is 17.1. The van der Waals surface area contributed by atoms with Gasteiger partial charge < -0.3 is 15.5 Å². The molecule has 2 atom stereocenters. The Kier molecular flexibility index (Phi) is 6.81. The van der Waals surface area contributed by atoms with Crippen LogP contribution in [0.25, 0.3) is 0 Å². The molecule has 2 amide bonds. The van der Waals surface area contributed by atoms with Crippen LogP contribution >= 0.6 is 0 Å². The minimum Gasteiger partial charge on any atom is -0.355 e. The molecule has 0 fully saturated rings. The van der Waals surface area contributed by atoms with E-state index < -0.39 is 6.04 Å². The van der Waals surface area contributed by atoms with Crippen molar-refractivity contribution in [2.75, 3.05) is 20.1 Å². The molecule has 0 aliphatic heterocycles. The molecule has 0 aliphatic rings. The van der Waals surface area contributed by atoms with E-state index in [9.17, 15) is 14.0 Å². The first-order valence-corrected chi connectivity index (χ1v) is 7.05. The van der Waals surface area contributed by atoms with Crippen LogP contribution in [-0.2, 0) is 16.1 Å². The predicted molar refractivity (Wildman–Crippen MR) is 78.1 cm³/mol. The Balaban J connectivity index is 2.40. The normalized spacial score (nSPS) is 13.3. The van der Waals surface area contributed by atoms with Crippen molar-refractivity contribution < 1.29 is 18.9 Å². The molecular weight excluding hydrogens is 273 g/mol. The predicted octanol–water partition coefficient (Wildman–Crippen LogP) is -0.519. The van der Waals surface area contributed by atoms with Crippen molar-refractivity contribution in [3.05, 3.63) is 35.6 Å². The SMILES string of the molecule is CCNC(=O)[C@H](C)NC(=O)C[NH+](C)Cc1ccc(F)cc1. The average molecular weight is 296 g/mol. The van der Waals surface area contributed by atoms with Gasteiger partial charge in [-0.2, -0.15) is 0 Å². The largest absolute Gasteiger partial charge is 0.355 e. The van der Waals surface area contributed by atoms with Gasteiger partial charge in [0, 0.05) is 12.1 Å². The van der Waals surface area contributed by atoms with Gasteiger partial charge in [0.05, 0.1) is 7.05 Å². The van der Waals surface area contributed by atoms with E-state index in [1.807, 2.05) is 14.0 Å². The molecule has 1 unspecified atom stereocenters. The molecule has 0 bridgehead atoms. The van der Waals surface area contributed by atoms with Gasteiger partial charge in [0.1, 0.15) is 18.4 Å². The monoisotopic (exact) mass is 296 g/mol. The minimum absolute atomic E-state index is 0.187. The maximum absolute atomic E-state index is 12.8. The summed E-state index contributed by atoms with van der Waals surface area (Å²) in [4.78, 5) is 24.3. The molecule has 116 valence electrons. The van der Waals surface area contributed by atoms with Crippen LogP contribution in [-0.4, -0.2) is 38.0 Å². The molecule has 0 heterocycles. The maximum atomic E-state index is 12.8. The second kappa shape index (κ2) is 8.36. The molecule has 21 heavy (non-hydrogen) atoms. The molecule has 1 aromatic carbocycles. The van der Waals surface area contributed by atoms with E-state index in [2.05, 4.69) is 10.6 Å². The Morgan fingerprint density at radius 3 is 2.48 bits per heavy atom. The highest BCUT2D eigenvalue weighted by Crippen LogP contribution is 2.00. The Labute approximate surface area is 124 Å². The van der Waals surface area contributed by atoms with Gasteiger partial charge in [-0.1, -0.05) is 12.1 Å². The van der Waals surface area contributed by atoms with Gasteiger partial charge in [-0.05, 0) is 26.0 Å². The topological polar surface area (TPSA) is 62.6 Å². The van der Waals surface area contributed by atoms with Gasteiger partial charge in [-0.15, -0.1) is 0 Å². The van der Waals surface area contributed by atoms with E-state index in [1.165, 1.54) is 12.1 Å². The molecule has 0 radical (unpaired) electrons. The molecule has 0 saturated carbocycles. The lowest BCUT2D eigenvalue weighted by Gasteiger charge is -2.16. The zero-order valence-corrected chi connectivity index (χ0v) is 12.7. The molecule has 0 spiro atoms. The van der Waals surface area contributed by atoms with Gasteiger partial charge in [0.15, 0.2) is 6.54 Å². The number of benzene rings is 1. The minimum atomic E-state index is -0.545. The van der Waals surface area contributed by atoms with Crippen molar-refractivity contribution >= 4 is 11.8 Å². The summed E-state index contributed by atoms with van der Waals surface area (Å²) in [7, 11) is 1.87. The first-order chi connectivity index (χ1) is 9.92. The van der Waals surface area contributed by atoms with Crippen molar-refractivity contribution in [1.82, 2.24) is 10.6 Å². The van der Waals surface area contributed by atoms with Crippen molar-refractivity contribution in [3.63, 3.8) is 0 Å². The lowest BCUT2D eigenvalue weighted by molar-refractivity contribution is -0.885. The van der Waals surface area contributed by atoms with Crippen LogP contribution in [0.1, 0.15) is 19.4 Å². The molecule has 6 heteroatoms. The molecule has 0 aromatic heterocycles. The molecule has 0 saturated heterocycles. The van der Waals surface area contributed by atoms with Crippen molar-refractivity contribution in [1.29, 1.82) is 0 Å². The second-order valence-corrected chi connectivity index (χ2v) is 5.12. The second-order valence-electron chi connectivity index (χ2n) is 5.12. The summed E-state index contributed by atoms with van der Waals surface area (Å²) in [6.07, 6.45) is 0. The summed E-state index contributed by atoms with van der Waals surface area (Å²) >= 11 is 0. The Hall–Kier alpha value is -1.95. The number of nitrogens with one attached hydrogen (secondary N) is 3. The van der Waals surface area contributed by atoms with Gasteiger partial charge >= 0.3 is 0 Å². The molecule has 1 rings (SSSR count). The van der Waals surface area contributed by atoms with E-state index in [4.69, 9.17) is 0 Å². The smallest absolute Gasteiger partial charge is 0.275 e. The standard InChI is InChI=1S/C15H22FN3O2/c1-4-17-15(21)11(2)18-14(20)10-19(3)9-12-5-7-13(16)8-6-12/h5-8,11H,4,9-10H2,1-3H3,(H,17,21)(H,18,20)/p+1/t11-/m0/s1. The average Bonchev–Trinajstić information content (AvgIpc) is 2.41. The summed E-state index contributed by atoms with van der Waals surface area (Å²) in [6, 6.07) is 5.66. The number of halogens is 1. The van der Waals surface area contributed by atoms with Crippen molar-refractivity contribution in [3.8, 4) is 0 Å². The van der Waals surface area contributed by atoms with Crippen LogP contribution in [0.2, 0.25) is 0 Å². The van der Waals surface area contributed by atoms with E-state index in [-0.39, 0.29) is 24.2 Å². The summed E-state index contributed by atoms with van der Waals surface area (Å²) in [5.74, 6) is -0.652. The van der Waals surface area contributed by atoms with Crippen LogP contribution in [0.5, 0.6) is 0 Å². The number of carbonyl (C=O) groups is 2. The van der Waals surface area contributed by atoms with Crippen molar-refractivity contribution in [2.45, 2.75) is 26.4 Å². The van der Waals surface area contributed by atoms with E-state index in [0.29, 0.717) is 13.1 Å². The third-order valence-corrected chi connectivity index (χ3v) is 3.00. The number of likely N-dealkylation sites (N-methyl/N-ethyl adjacent to an activating group) is 2. The summed E-state index contributed by atoms with van der Waals surface area (Å²) in [5, 5.41) is 5.31. The zero-order chi connectivity index (χ0) is 15.8. The fourth-order valence-corrected chi connectivity index (χ4v) is 1.97. The number of carbonyl (C=O) groups excluding carboxylic acids is 2. The quantitative estimate of drug-likeness (QED) is 0.634. The van der Waals surface area contributed by atoms with E-state index in [0.717, 1.165) is 10.5 Å². The molecular formula is C15H23FN3O2+. The van der Waals surface area contributed by atoms with Crippen LogP contribution in [0.3, 0.4) is 0 Å². The fourth-order valence-electron chi connectivity index (χ4n) is 1.97. The highest BCUT2D eigenvalue weighted by atomic mass is 19.1. The number of amides is 2.